The first-order valence-electron chi connectivity index (χ1n) is 5.75. The second-order valence-corrected chi connectivity index (χ2v) is 5.51. The van der Waals surface area contributed by atoms with Crippen LogP contribution in [-0.4, -0.2) is 26.0 Å². The van der Waals surface area contributed by atoms with Crippen LogP contribution in [0.5, 0.6) is 0 Å². The Kier molecular flexibility index (Phi) is 5.13. The van der Waals surface area contributed by atoms with E-state index in [0.717, 1.165) is 5.56 Å². The summed E-state index contributed by atoms with van der Waals surface area (Å²) in [6, 6.07) is 4.84. The maximum absolute atomic E-state index is 11.7. The lowest BCUT2D eigenvalue weighted by molar-refractivity contribution is 0.318. The Hall–Kier alpha value is -1.80. The highest BCUT2D eigenvalue weighted by molar-refractivity contribution is 7.90. The Morgan fingerprint density at radius 1 is 1.47 bits per heavy atom. The fourth-order valence-corrected chi connectivity index (χ4v) is 2.42. The summed E-state index contributed by atoms with van der Waals surface area (Å²) < 4.78 is 28.3. The Morgan fingerprint density at radius 3 is 2.74 bits per heavy atom. The topological polar surface area (TPSA) is 117 Å². The molecular formula is C11H18N4O3S. The van der Waals surface area contributed by atoms with Crippen LogP contribution in [0.1, 0.15) is 24.5 Å². The van der Waals surface area contributed by atoms with Gasteiger partial charge < -0.3 is 10.9 Å². The van der Waals surface area contributed by atoms with Crippen molar-refractivity contribution in [3.05, 3.63) is 29.3 Å². The number of hydrogen-bond acceptors (Lipinski definition) is 4. The van der Waals surface area contributed by atoms with Crippen LogP contribution < -0.4 is 15.2 Å². The van der Waals surface area contributed by atoms with Crippen LogP contribution in [-0.2, 0) is 10.2 Å². The van der Waals surface area contributed by atoms with E-state index in [-0.39, 0.29) is 5.84 Å². The normalized spacial score (nSPS) is 12.4. The minimum absolute atomic E-state index is 0.0815. The molecule has 0 fully saturated rings. The first-order valence-corrected chi connectivity index (χ1v) is 7.24. The molecule has 1 aromatic carbocycles. The van der Waals surface area contributed by atoms with Gasteiger partial charge in [-0.15, -0.1) is 0 Å². The maximum atomic E-state index is 11.7. The first-order chi connectivity index (χ1) is 8.89. The number of rotatable bonds is 6. The highest BCUT2D eigenvalue weighted by atomic mass is 32.2. The summed E-state index contributed by atoms with van der Waals surface area (Å²) in [5.41, 5.74) is 7.01. The third kappa shape index (κ3) is 4.42. The lowest BCUT2D eigenvalue weighted by Gasteiger charge is -2.12. The lowest BCUT2D eigenvalue weighted by atomic mass is 10.1. The van der Waals surface area contributed by atoms with E-state index in [0.29, 0.717) is 24.2 Å². The van der Waals surface area contributed by atoms with Gasteiger partial charge in [0.2, 0.25) is 0 Å². The maximum Gasteiger partial charge on any atom is 0.299 e. The minimum Gasteiger partial charge on any atom is -0.409 e. The molecule has 0 atom stereocenters. The van der Waals surface area contributed by atoms with Crippen LogP contribution in [0.15, 0.2) is 23.4 Å². The predicted octanol–water partition coefficient (Wildman–Crippen LogP) is 0.746. The zero-order valence-corrected chi connectivity index (χ0v) is 11.7. The molecule has 0 radical (unpaired) electrons. The second-order valence-electron chi connectivity index (χ2n) is 4.01. The van der Waals surface area contributed by atoms with E-state index in [2.05, 4.69) is 14.6 Å². The molecule has 0 amide bonds. The lowest BCUT2D eigenvalue weighted by Crippen LogP contribution is -2.31. The molecule has 5 N–H and O–H groups in total. The highest BCUT2D eigenvalue weighted by Gasteiger charge is 2.11. The molecule has 0 bridgehead atoms. The summed E-state index contributed by atoms with van der Waals surface area (Å²) in [5.74, 6) is -0.0815. The Labute approximate surface area is 112 Å². The monoisotopic (exact) mass is 286 g/mol. The zero-order chi connectivity index (χ0) is 14.5. The molecule has 0 spiro atoms. The average Bonchev–Trinajstić information content (AvgIpc) is 2.38. The number of amidine groups is 1. The van der Waals surface area contributed by atoms with Crippen molar-refractivity contribution < 1.29 is 13.6 Å². The number of benzene rings is 1. The van der Waals surface area contributed by atoms with E-state index in [1.165, 1.54) is 6.07 Å². The van der Waals surface area contributed by atoms with Gasteiger partial charge in [0.05, 0.1) is 5.69 Å². The van der Waals surface area contributed by atoms with Crippen molar-refractivity contribution in [2.45, 2.75) is 20.3 Å². The van der Waals surface area contributed by atoms with Gasteiger partial charge >= 0.3 is 0 Å². The summed E-state index contributed by atoms with van der Waals surface area (Å²) in [7, 11) is -3.61. The smallest absolute Gasteiger partial charge is 0.299 e. The van der Waals surface area contributed by atoms with Gasteiger partial charge in [0.1, 0.15) is 0 Å². The standard InChI is InChI=1S/C11H18N4O3S/c1-3-6-13-19(17,18)15-10-7-9(11(12)14-16)5-4-8(10)2/h4-5,7,13,15-16H,3,6H2,1-2H3,(H2,12,14). The van der Waals surface area contributed by atoms with Crippen molar-refractivity contribution >= 4 is 21.7 Å². The van der Waals surface area contributed by atoms with Crippen LogP contribution in [0.25, 0.3) is 0 Å². The van der Waals surface area contributed by atoms with Crippen molar-refractivity contribution in [3.63, 3.8) is 0 Å². The van der Waals surface area contributed by atoms with Crippen LogP contribution >= 0.6 is 0 Å². The Morgan fingerprint density at radius 2 is 2.16 bits per heavy atom. The van der Waals surface area contributed by atoms with E-state index >= 15 is 0 Å². The first kappa shape index (κ1) is 15.3. The summed E-state index contributed by atoms with van der Waals surface area (Å²) in [5, 5.41) is 11.5. The fourth-order valence-electron chi connectivity index (χ4n) is 1.37. The third-order valence-electron chi connectivity index (χ3n) is 2.43. The number of nitrogens with zero attached hydrogens (tertiary/aromatic N) is 1. The molecule has 0 aliphatic heterocycles. The Balaban J connectivity index is 3.01. The van der Waals surface area contributed by atoms with E-state index in [9.17, 15) is 8.42 Å². The van der Waals surface area contributed by atoms with Gasteiger partial charge in [-0.3, -0.25) is 4.72 Å². The van der Waals surface area contributed by atoms with Crippen molar-refractivity contribution in [2.75, 3.05) is 11.3 Å². The molecule has 19 heavy (non-hydrogen) atoms. The molecule has 1 rings (SSSR count). The summed E-state index contributed by atoms with van der Waals surface area (Å²) in [4.78, 5) is 0. The predicted molar refractivity (Wildman–Crippen MR) is 74.5 cm³/mol. The van der Waals surface area contributed by atoms with Crippen molar-refractivity contribution in [1.82, 2.24) is 4.72 Å². The second kappa shape index (κ2) is 6.39. The molecule has 0 saturated carbocycles. The zero-order valence-electron chi connectivity index (χ0n) is 10.8. The van der Waals surface area contributed by atoms with Gasteiger partial charge in [0.25, 0.3) is 10.2 Å². The molecule has 0 aliphatic rings. The van der Waals surface area contributed by atoms with Gasteiger partial charge in [-0.25, -0.2) is 0 Å². The molecular weight excluding hydrogens is 268 g/mol. The van der Waals surface area contributed by atoms with Gasteiger partial charge in [0, 0.05) is 12.1 Å². The summed E-state index contributed by atoms with van der Waals surface area (Å²) >= 11 is 0. The van der Waals surface area contributed by atoms with Gasteiger partial charge in [-0.1, -0.05) is 24.2 Å². The molecule has 0 aromatic heterocycles. The average molecular weight is 286 g/mol. The van der Waals surface area contributed by atoms with E-state index in [1.807, 2.05) is 6.92 Å². The van der Waals surface area contributed by atoms with Gasteiger partial charge in [0.15, 0.2) is 5.84 Å². The molecule has 8 heteroatoms. The van der Waals surface area contributed by atoms with Gasteiger partial charge in [-0.2, -0.15) is 13.1 Å². The van der Waals surface area contributed by atoms with Crippen LogP contribution in [0.2, 0.25) is 0 Å². The highest BCUT2D eigenvalue weighted by Crippen LogP contribution is 2.17. The van der Waals surface area contributed by atoms with Crippen LogP contribution in [0.4, 0.5) is 5.69 Å². The summed E-state index contributed by atoms with van der Waals surface area (Å²) in [6.45, 7) is 3.98. The van der Waals surface area contributed by atoms with Gasteiger partial charge in [-0.05, 0) is 25.0 Å². The summed E-state index contributed by atoms with van der Waals surface area (Å²) in [6.07, 6.45) is 0.698. The molecule has 0 saturated heterocycles. The molecule has 106 valence electrons. The quantitative estimate of drug-likeness (QED) is 0.267. The molecule has 7 nitrogen and oxygen atoms in total. The SMILES string of the molecule is CCCNS(=O)(=O)Nc1cc(/C(N)=N/O)ccc1C. The van der Waals surface area contributed by atoms with Crippen molar-refractivity contribution in [2.24, 2.45) is 10.9 Å². The largest absolute Gasteiger partial charge is 0.409 e. The molecule has 0 unspecified atom stereocenters. The van der Waals surface area contributed by atoms with E-state index in [4.69, 9.17) is 10.9 Å². The van der Waals surface area contributed by atoms with Crippen LogP contribution in [0, 0.1) is 6.92 Å². The minimum atomic E-state index is -3.61. The molecule has 0 aliphatic carbocycles. The number of nitrogens with two attached hydrogens (primary N) is 1. The van der Waals surface area contributed by atoms with E-state index < -0.39 is 10.2 Å². The van der Waals surface area contributed by atoms with E-state index in [1.54, 1.807) is 19.1 Å². The Bertz CT molecular complexity index is 569. The van der Waals surface area contributed by atoms with Crippen molar-refractivity contribution in [1.29, 1.82) is 0 Å². The number of oxime groups is 1. The number of hydrogen-bond donors (Lipinski definition) is 4. The van der Waals surface area contributed by atoms with Crippen molar-refractivity contribution in [3.8, 4) is 0 Å². The third-order valence-corrected chi connectivity index (χ3v) is 3.50. The number of aryl methyl sites for hydroxylation is 1. The van der Waals surface area contributed by atoms with Crippen LogP contribution in [0.3, 0.4) is 0 Å². The molecule has 1 aromatic rings. The number of nitrogens with one attached hydrogen (secondary N) is 2. The fraction of sp³-hybridized carbons (Fsp3) is 0.364. The molecule has 0 heterocycles. The number of anilines is 1.